The van der Waals surface area contributed by atoms with Crippen molar-refractivity contribution in [1.29, 1.82) is 0 Å². The minimum absolute atomic E-state index is 0.185. The molecule has 2 rings (SSSR count). The third-order valence-electron chi connectivity index (χ3n) is 3.75. The number of likely N-dealkylation sites (tertiary alicyclic amines) is 1. The van der Waals surface area contributed by atoms with E-state index in [2.05, 4.69) is 20.8 Å². The van der Waals surface area contributed by atoms with Crippen LogP contribution in [-0.4, -0.2) is 40.6 Å². The maximum absolute atomic E-state index is 9.62. The number of halogens is 1. The molecular formula is C11H20BrNO. The Balaban J connectivity index is 1.87. The van der Waals surface area contributed by atoms with Crippen molar-refractivity contribution in [1.82, 2.24) is 4.90 Å². The summed E-state index contributed by atoms with van der Waals surface area (Å²) in [6, 6.07) is 0.789. The van der Waals surface area contributed by atoms with Gasteiger partial charge in [-0.25, -0.2) is 0 Å². The predicted molar refractivity (Wildman–Crippen MR) is 61.7 cm³/mol. The standard InChI is InChI=1S/C11H20BrNO/c12-7-10(14)8-13-6-5-9-3-1-2-4-11(9)13/h9-11,14H,1-8H2. The van der Waals surface area contributed by atoms with Crippen LogP contribution in [0.2, 0.25) is 0 Å². The van der Waals surface area contributed by atoms with Crippen LogP contribution in [0.1, 0.15) is 32.1 Å². The van der Waals surface area contributed by atoms with Crippen LogP contribution in [0.3, 0.4) is 0 Å². The Morgan fingerprint density at radius 2 is 2.07 bits per heavy atom. The van der Waals surface area contributed by atoms with Crippen molar-refractivity contribution in [3.05, 3.63) is 0 Å². The third-order valence-corrected chi connectivity index (χ3v) is 4.50. The van der Waals surface area contributed by atoms with Gasteiger partial charge in [-0.3, -0.25) is 4.90 Å². The Morgan fingerprint density at radius 1 is 1.29 bits per heavy atom. The summed E-state index contributed by atoms with van der Waals surface area (Å²) in [7, 11) is 0. The van der Waals surface area contributed by atoms with Crippen LogP contribution < -0.4 is 0 Å². The molecule has 1 aliphatic heterocycles. The van der Waals surface area contributed by atoms with Crippen LogP contribution in [0, 0.1) is 5.92 Å². The second kappa shape index (κ2) is 4.95. The van der Waals surface area contributed by atoms with Gasteiger partial charge >= 0.3 is 0 Å². The molecule has 2 aliphatic rings. The number of hydrogen-bond acceptors (Lipinski definition) is 2. The zero-order valence-electron chi connectivity index (χ0n) is 8.66. The molecule has 0 amide bonds. The largest absolute Gasteiger partial charge is 0.391 e. The number of nitrogens with zero attached hydrogens (tertiary/aromatic N) is 1. The van der Waals surface area contributed by atoms with Gasteiger partial charge in [0.25, 0.3) is 0 Å². The van der Waals surface area contributed by atoms with Gasteiger partial charge in [0, 0.05) is 17.9 Å². The number of β-amino-alcohol motifs (C(OH)–C–C–N with tert-alkyl or cyclic N) is 1. The summed E-state index contributed by atoms with van der Waals surface area (Å²) in [6.45, 7) is 2.08. The molecule has 3 unspecified atom stereocenters. The van der Waals surface area contributed by atoms with Crippen molar-refractivity contribution < 1.29 is 5.11 Å². The first-order chi connectivity index (χ1) is 6.81. The number of rotatable bonds is 3. The highest BCUT2D eigenvalue weighted by Crippen LogP contribution is 2.35. The molecule has 2 nitrogen and oxygen atoms in total. The first-order valence-corrected chi connectivity index (χ1v) is 6.91. The molecule has 0 radical (unpaired) electrons. The molecule has 1 aliphatic carbocycles. The van der Waals surface area contributed by atoms with E-state index in [4.69, 9.17) is 0 Å². The first-order valence-electron chi connectivity index (χ1n) is 5.79. The molecule has 0 bridgehead atoms. The Hall–Kier alpha value is 0.400. The summed E-state index contributed by atoms with van der Waals surface area (Å²) < 4.78 is 0. The fourth-order valence-electron chi connectivity index (χ4n) is 3.05. The van der Waals surface area contributed by atoms with Gasteiger partial charge in [0.05, 0.1) is 6.10 Å². The van der Waals surface area contributed by atoms with Crippen LogP contribution >= 0.6 is 15.9 Å². The van der Waals surface area contributed by atoms with E-state index in [1.54, 1.807) is 0 Å². The minimum Gasteiger partial charge on any atom is -0.391 e. The van der Waals surface area contributed by atoms with Gasteiger partial charge in [-0.2, -0.15) is 0 Å². The van der Waals surface area contributed by atoms with Gasteiger partial charge in [-0.15, -0.1) is 0 Å². The second-order valence-corrected chi connectivity index (χ2v) is 5.35. The summed E-state index contributed by atoms with van der Waals surface area (Å²) in [4.78, 5) is 2.51. The Labute approximate surface area is 94.8 Å². The topological polar surface area (TPSA) is 23.5 Å². The van der Waals surface area contributed by atoms with Crippen molar-refractivity contribution in [2.75, 3.05) is 18.4 Å². The molecule has 1 N–H and O–H groups in total. The van der Waals surface area contributed by atoms with E-state index in [0.29, 0.717) is 5.33 Å². The average molecular weight is 262 g/mol. The van der Waals surface area contributed by atoms with Crippen molar-refractivity contribution in [2.45, 2.75) is 44.2 Å². The van der Waals surface area contributed by atoms with Gasteiger partial charge < -0.3 is 5.11 Å². The lowest BCUT2D eigenvalue weighted by Gasteiger charge is -2.32. The summed E-state index contributed by atoms with van der Waals surface area (Å²) >= 11 is 3.33. The van der Waals surface area contributed by atoms with E-state index >= 15 is 0 Å². The smallest absolute Gasteiger partial charge is 0.0763 e. The van der Waals surface area contributed by atoms with Crippen LogP contribution in [0.15, 0.2) is 0 Å². The van der Waals surface area contributed by atoms with Crippen molar-refractivity contribution in [3.63, 3.8) is 0 Å². The summed E-state index contributed by atoms with van der Waals surface area (Å²) in [5.41, 5.74) is 0. The van der Waals surface area contributed by atoms with E-state index in [1.807, 2.05) is 0 Å². The second-order valence-electron chi connectivity index (χ2n) is 4.70. The maximum Gasteiger partial charge on any atom is 0.0763 e. The van der Waals surface area contributed by atoms with Crippen LogP contribution in [-0.2, 0) is 0 Å². The molecule has 1 saturated heterocycles. The summed E-state index contributed by atoms with van der Waals surface area (Å²) in [6.07, 6.45) is 6.78. The minimum atomic E-state index is -0.185. The van der Waals surface area contributed by atoms with Crippen molar-refractivity contribution >= 4 is 15.9 Å². The fourth-order valence-corrected chi connectivity index (χ4v) is 3.25. The fraction of sp³-hybridized carbons (Fsp3) is 1.00. The number of fused-ring (bicyclic) bond motifs is 1. The van der Waals surface area contributed by atoms with Crippen LogP contribution in [0.5, 0.6) is 0 Å². The number of aliphatic hydroxyl groups excluding tert-OH is 1. The van der Waals surface area contributed by atoms with E-state index in [1.165, 1.54) is 38.6 Å². The van der Waals surface area contributed by atoms with E-state index in [9.17, 15) is 5.11 Å². The highest BCUT2D eigenvalue weighted by Gasteiger charge is 2.35. The number of alkyl halides is 1. The van der Waals surface area contributed by atoms with E-state index in [-0.39, 0.29) is 6.10 Å². The monoisotopic (exact) mass is 261 g/mol. The highest BCUT2D eigenvalue weighted by atomic mass is 79.9. The van der Waals surface area contributed by atoms with Crippen LogP contribution in [0.4, 0.5) is 0 Å². The number of hydrogen-bond donors (Lipinski definition) is 1. The lowest BCUT2D eigenvalue weighted by atomic mass is 9.85. The molecule has 1 heterocycles. The average Bonchev–Trinajstić information content (AvgIpc) is 2.62. The molecular weight excluding hydrogens is 242 g/mol. The first kappa shape index (κ1) is 10.9. The quantitative estimate of drug-likeness (QED) is 0.786. The van der Waals surface area contributed by atoms with Crippen molar-refractivity contribution in [3.8, 4) is 0 Å². The van der Waals surface area contributed by atoms with Gasteiger partial charge in [-0.05, 0) is 31.7 Å². The molecule has 0 aromatic rings. The Bertz CT molecular complexity index is 188. The Kier molecular flexibility index (Phi) is 3.86. The van der Waals surface area contributed by atoms with E-state index in [0.717, 1.165) is 18.5 Å². The normalized spacial score (nSPS) is 35.6. The summed E-state index contributed by atoms with van der Waals surface area (Å²) in [5.74, 6) is 0.936. The van der Waals surface area contributed by atoms with Crippen molar-refractivity contribution in [2.24, 2.45) is 5.92 Å². The zero-order valence-corrected chi connectivity index (χ0v) is 10.2. The van der Waals surface area contributed by atoms with Gasteiger partial charge in [0.2, 0.25) is 0 Å². The van der Waals surface area contributed by atoms with Gasteiger partial charge in [-0.1, -0.05) is 28.8 Å². The number of aliphatic hydroxyl groups is 1. The van der Waals surface area contributed by atoms with Gasteiger partial charge in [0.1, 0.15) is 0 Å². The van der Waals surface area contributed by atoms with Gasteiger partial charge in [0.15, 0.2) is 0 Å². The molecule has 3 heteroatoms. The molecule has 0 aromatic carbocycles. The third kappa shape index (κ3) is 2.31. The zero-order chi connectivity index (χ0) is 9.97. The lowest BCUT2D eigenvalue weighted by molar-refractivity contribution is 0.103. The molecule has 0 spiro atoms. The van der Waals surface area contributed by atoms with E-state index < -0.39 is 0 Å². The summed E-state index contributed by atoms with van der Waals surface area (Å²) in [5, 5.41) is 10.3. The molecule has 3 atom stereocenters. The highest BCUT2D eigenvalue weighted by molar-refractivity contribution is 9.09. The predicted octanol–water partition coefficient (Wildman–Crippen LogP) is 2.01. The molecule has 0 aromatic heterocycles. The molecule has 82 valence electrons. The Morgan fingerprint density at radius 3 is 2.86 bits per heavy atom. The molecule has 14 heavy (non-hydrogen) atoms. The SMILES string of the molecule is OC(CBr)CN1CCC2CCCCC21. The molecule has 1 saturated carbocycles. The van der Waals surface area contributed by atoms with Crippen LogP contribution in [0.25, 0.3) is 0 Å². The lowest BCUT2D eigenvalue weighted by Crippen LogP contribution is -2.40. The maximum atomic E-state index is 9.62. The molecule has 2 fully saturated rings.